The van der Waals surface area contributed by atoms with Crippen molar-refractivity contribution >= 4 is 44.7 Å². The van der Waals surface area contributed by atoms with E-state index in [4.69, 9.17) is 22.1 Å². The monoisotopic (exact) mass is 327 g/mol. The van der Waals surface area contributed by atoms with Crippen LogP contribution >= 0.6 is 27.5 Å². The molecule has 0 aliphatic rings. The van der Waals surface area contributed by atoms with Gasteiger partial charge in [-0.1, -0.05) is 11.6 Å². The van der Waals surface area contributed by atoms with E-state index < -0.39 is 0 Å². The number of nitrogens with zero attached hydrogens (tertiary/aromatic N) is 1. The van der Waals surface area contributed by atoms with E-state index in [1.54, 1.807) is 25.3 Å². The van der Waals surface area contributed by atoms with E-state index in [9.17, 15) is 0 Å². The molecule has 0 atom stereocenters. The molecule has 0 fully saturated rings. The van der Waals surface area contributed by atoms with Crippen LogP contribution in [0.5, 0.6) is 5.88 Å². The van der Waals surface area contributed by atoms with Crippen molar-refractivity contribution in [2.75, 3.05) is 18.2 Å². The van der Waals surface area contributed by atoms with Gasteiger partial charge >= 0.3 is 0 Å². The van der Waals surface area contributed by atoms with Crippen LogP contribution in [0.3, 0.4) is 0 Å². The minimum Gasteiger partial charge on any atom is -0.481 e. The van der Waals surface area contributed by atoms with Crippen LogP contribution in [-0.2, 0) is 0 Å². The van der Waals surface area contributed by atoms with E-state index in [1.165, 1.54) is 0 Å². The summed E-state index contributed by atoms with van der Waals surface area (Å²) in [5.74, 6) is 1.03. The molecule has 0 amide bonds. The highest BCUT2D eigenvalue weighted by Crippen LogP contribution is 2.29. The highest BCUT2D eigenvalue weighted by molar-refractivity contribution is 9.10. The lowest BCUT2D eigenvalue weighted by Gasteiger charge is -2.10. The molecule has 0 spiro atoms. The normalized spacial score (nSPS) is 10.2. The summed E-state index contributed by atoms with van der Waals surface area (Å²) >= 11 is 9.35. The van der Waals surface area contributed by atoms with Gasteiger partial charge in [-0.2, -0.15) is 4.98 Å². The maximum Gasteiger partial charge on any atom is 0.215 e. The van der Waals surface area contributed by atoms with E-state index in [-0.39, 0.29) is 0 Å². The lowest BCUT2D eigenvalue weighted by Crippen LogP contribution is -2.00. The summed E-state index contributed by atoms with van der Waals surface area (Å²) in [5.41, 5.74) is 7.18. The number of benzene rings is 1. The lowest BCUT2D eigenvalue weighted by molar-refractivity contribution is 0.398. The third-order valence-corrected chi connectivity index (χ3v) is 3.52. The van der Waals surface area contributed by atoms with E-state index in [1.807, 2.05) is 12.1 Å². The molecule has 18 heavy (non-hydrogen) atoms. The molecule has 1 aromatic heterocycles. The minimum absolute atomic E-state index is 0.495. The van der Waals surface area contributed by atoms with Crippen molar-refractivity contribution in [3.05, 3.63) is 39.8 Å². The van der Waals surface area contributed by atoms with E-state index in [2.05, 4.69) is 26.2 Å². The fourth-order valence-corrected chi connectivity index (χ4v) is 1.80. The van der Waals surface area contributed by atoms with Crippen LogP contribution in [-0.4, -0.2) is 12.1 Å². The number of hydrogen-bond acceptors (Lipinski definition) is 4. The van der Waals surface area contributed by atoms with Crippen LogP contribution in [0.4, 0.5) is 17.2 Å². The molecule has 2 rings (SSSR count). The summed E-state index contributed by atoms with van der Waals surface area (Å²) < 4.78 is 5.88. The van der Waals surface area contributed by atoms with Crippen LogP contribution < -0.4 is 15.8 Å². The molecule has 0 radical (unpaired) electrons. The number of pyridine rings is 1. The first-order valence-corrected chi connectivity index (χ1v) is 6.30. The second kappa shape index (κ2) is 5.46. The number of nitrogens with one attached hydrogen (secondary N) is 1. The molecular formula is C12H11BrClN3O. The SMILES string of the molecule is COc1ccc(N)c(Nc2ccc(Br)c(Cl)c2)n1. The quantitative estimate of drug-likeness (QED) is 0.899. The molecule has 0 unspecified atom stereocenters. The second-order valence-electron chi connectivity index (χ2n) is 3.55. The Labute approximate surface area is 118 Å². The van der Waals surface area contributed by atoms with Crippen molar-refractivity contribution in [2.24, 2.45) is 0 Å². The predicted octanol–water partition coefficient (Wildman–Crippen LogP) is 3.83. The molecule has 0 saturated carbocycles. The molecule has 3 N–H and O–H groups in total. The standard InChI is InChI=1S/C12H11BrClN3O/c1-18-11-5-4-10(15)12(17-11)16-7-2-3-8(13)9(14)6-7/h2-6H,15H2,1H3,(H,16,17). The number of nitrogens with two attached hydrogens (primary N) is 1. The van der Waals surface area contributed by atoms with Crippen molar-refractivity contribution in [1.29, 1.82) is 0 Å². The molecule has 0 aliphatic carbocycles. The summed E-state index contributed by atoms with van der Waals surface area (Å²) in [5, 5.41) is 3.71. The average molecular weight is 329 g/mol. The Bertz CT molecular complexity index is 577. The minimum atomic E-state index is 0.495. The van der Waals surface area contributed by atoms with Crippen LogP contribution in [0, 0.1) is 0 Å². The second-order valence-corrected chi connectivity index (χ2v) is 4.81. The fourth-order valence-electron chi connectivity index (χ4n) is 1.38. The van der Waals surface area contributed by atoms with Gasteiger partial charge in [0.05, 0.1) is 17.8 Å². The maximum absolute atomic E-state index is 6.02. The molecule has 0 saturated heterocycles. The molecule has 94 valence electrons. The summed E-state index contributed by atoms with van der Waals surface area (Å²) in [6, 6.07) is 8.94. The number of halogens is 2. The molecule has 0 aliphatic heterocycles. The smallest absolute Gasteiger partial charge is 0.215 e. The number of methoxy groups -OCH3 is 1. The zero-order chi connectivity index (χ0) is 13.1. The first-order chi connectivity index (χ1) is 8.60. The fraction of sp³-hybridized carbons (Fsp3) is 0.0833. The third kappa shape index (κ3) is 2.86. The molecule has 6 heteroatoms. The van der Waals surface area contributed by atoms with Gasteiger partial charge in [-0.05, 0) is 40.2 Å². The highest BCUT2D eigenvalue weighted by Gasteiger charge is 2.05. The summed E-state index contributed by atoms with van der Waals surface area (Å²) in [6.45, 7) is 0. The van der Waals surface area contributed by atoms with Gasteiger partial charge in [0, 0.05) is 16.2 Å². The van der Waals surface area contributed by atoms with Crippen LogP contribution in [0.1, 0.15) is 0 Å². The summed E-state index contributed by atoms with van der Waals surface area (Å²) in [6.07, 6.45) is 0. The first-order valence-electron chi connectivity index (χ1n) is 5.12. The number of anilines is 3. The Morgan fingerprint density at radius 3 is 2.78 bits per heavy atom. The number of aromatic nitrogens is 1. The van der Waals surface area contributed by atoms with Crippen LogP contribution in [0.25, 0.3) is 0 Å². The predicted molar refractivity (Wildman–Crippen MR) is 77.6 cm³/mol. The summed E-state index contributed by atoms with van der Waals surface area (Å²) in [7, 11) is 1.55. The van der Waals surface area contributed by atoms with Crippen molar-refractivity contribution < 1.29 is 4.74 Å². The van der Waals surface area contributed by atoms with Crippen LogP contribution in [0.2, 0.25) is 5.02 Å². The van der Waals surface area contributed by atoms with Crippen molar-refractivity contribution in [1.82, 2.24) is 4.98 Å². The number of nitrogen functional groups attached to an aromatic ring is 1. The van der Waals surface area contributed by atoms with Gasteiger partial charge in [-0.15, -0.1) is 0 Å². The van der Waals surface area contributed by atoms with Gasteiger partial charge < -0.3 is 15.8 Å². The van der Waals surface area contributed by atoms with Gasteiger partial charge in [-0.3, -0.25) is 0 Å². The maximum atomic E-state index is 6.02. The third-order valence-electron chi connectivity index (χ3n) is 2.29. The lowest BCUT2D eigenvalue weighted by atomic mass is 10.3. The molecule has 1 aromatic carbocycles. The van der Waals surface area contributed by atoms with Gasteiger partial charge in [0.25, 0.3) is 0 Å². The Morgan fingerprint density at radius 1 is 1.33 bits per heavy atom. The van der Waals surface area contributed by atoms with Crippen LogP contribution in [0.15, 0.2) is 34.8 Å². The average Bonchev–Trinajstić information content (AvgIpc) is 2.36. The molecule has 1 heterocycles. The Hall–Kier alpha value is -1.46. The van der Waals surface area contributed by atoms with E-state index in [0.717, 1.165) is 10.2 Å². The number of ether oxygens (including phenoxy) is 1. The van der Waals surface area contributed by atoms with Gasteiger partial charge in [0.15, 0.2) is 5.82 Å². The number of rotatable bonds is 3. The van der Waals surface area contributed by atoms with E-state index in [0.29, 0.717) is 22.4 Å². The Kier molecular flexibility index (Phi) is 3.93. The van der Waals surface area contributed by atoms with Gasteiger partial charge in [0.2, 0.25) is 5.88 Å². The molecule has 4 nitrogen and oxygen atoms in total. The van der Waals surface area contributed by atoms with Crippen molar-refractivity contribution in [3.8, 4) is 5.88 Å². The topological polar surface area (TPSA) is 60.2 Å². The van der Waals surface area contributed by atoms with Gasteiger partial charge in [-0.25, -0.2) is 0 Å². The molecule has 2 aromatic rings. The Balaban J connectivity index is 2.30. The Morgan fingerprint density at radius 2 is 2.11 bits per heavy atom. The molecule has 0 bridgehead atoms. The zero-order valence-corrected chi connectivity index (χ0v) is 11.9. The summed E-state index contributed by atoms with van der Waals surface area (Å²) in [4.78, 5) is 4.23. The van der Waals surface area contributed by atoms with Crippen molar-refractivity contribution in [3.63, 3.8) is 0 Å². The highest BCUT2D eigenvalue weighted by atomic mass is 79.9. The number of hydrogen-bond donors (Lipinski definition) is 2. The van der Waals surface area contributed by atoms with Gasteiger partial charge in [0.1, 0.15) is 0 Å². The first kappa shape index (κ1) is 13.0. The largest absolute Gasteiger partial charge is 0.481 e. The van der Waals surface area contributed by atoms with Crippen molar-refractivity contribution in [2.45, 2.75) is 0 Å². The zero-order valence-electron chi connectivity index (χ0n) is 9.58. The van der Waals surface area contributed by atoms with E-state index >= 15 is 0 Å². The molecular weight excluding hydrogens is 318 g/mol.